The number of hydrogen-bond acceptors (Lipinski definition) is 4. The number of benzene rings is 3. The molecule has 28 heavy (non-hydrogen) atoms. The van der Waals surface area contributed by atoms with E-state index in [1.807, 2.05) is 54.6 Å². The lowest BCUT2D eigenvalue weighted by Gasteiger charge is -2.31. The molecule has 0 amide bonds. The number of hydrogen-bond donors (Lipinski definition) is 2. The molecular formula is C24H24N2O2. The maximum atomic E-state index is 10.4. The third-order valence-electron chi connectivity index (χ3n) is 5.26. The van der Waals surface area contributed by atoms with Crippen molar-refractivity contribution in [1.82, 2.24) is 5.32 Å². The van der Waals surface area contributed by atoms with Crippen molar-refractivity contribution in [3.63, 3.8) is 0 Å². The molecule has 0 aliphatic carbocycles. The van der Waals surface area contributed by atoms with Gasteiger partial charge in [-0.1, -0.05) is 42.5 Å². The quantitative estimate of drug-likeness (QED) is 0.683. The van der Waals surface area contributed by atoms with Gasteiger partial charge in [0, 0.05) is 23.7 Å². The Bertz CT molecular complexity index is 995. The number of aliphatic imine (C=N–C) groups is 1. The topological polar surface area (TPSA) is 53.8 Å². The number of nitrogens with zero attached hydrogens (tertiary/aromatic N) is 1. The van der Waals surface area contributed by atoms with Crippen molar-refractivity contribution in [2.45, 2.75) is 25.6 Å². The molecule has 0 unspecified atom stereocenters. The van der Waals surface area contributed by atoms with Gasteiger partial charge in [0.25, 0.3) is 0 Å². The van der Waals surface area contributed by atoms with Crippen LogP contribution in [0.4, 0.5) is 0 Å². The number of ether oxygens (including phenoxy) is 1. The second kappa shape index (κ2) is 7.87. The zero-order valence-corrected chi connectivity index (χ0v) is 16.1. The lowest BCUT2D eigenvalue weighted by Crippen LogP contribution is -2.33. The van der Waals surface area contributed by atoms with Gasteiger partial charge in [0.15, 0.2) is 0 Å². The van der Waals surface area contributed by atoms with Crippen molar-refractivity contribution >= 4 is 5.71 Å². The van der Waals surface area contributed by atoms with Crippen LogP contribution < -0.4 is 10.1 Å². The highest BCUT2D eigenvalue weighted by Gasteiger charge is 2.28. The van der Waals surface area contributed by atoms with Gasteiger partial charge < -0.3 is 9.84 Å². The first-order valence-corrected chi connectivity index (χ1v) is 9.46. The van der Waals surface area contributed by atoms with E-state index in [4.69, 9.17) is 9.73 Å². The summed E-state index contributed by atoms with van der Waals surface area (Å²) in [4.78, 5) is 5.03. The first-order chi connectivity index (χ1) is 13.7. The number of rotatable bonds is 4. The molecular weight excluding hydrogens is 348 g/mol. The smallest absolute Gasteiger partial charge is 0.126 e. The van der Waals surface area contributed by atoms with Crippen LogP contribution in [0.1, 0.15) is 40.9 Å². The Kier molecular flexibility index (Phi) is 5.13. The van der Waals surface area contributed by atoms with Crippen LogP contribution >= 0.6 is 0 Å². The molecule has 0 saturated carbocycles. The van der Waals surface area contributed by atoms with Crippen molar-refractivity contribution in [3.05, 3.63) is 95.1 Å². The van der Waals surface area contributed by atoms with Gasteiger partial charge >= 0.3 is 0 Å². The summed E-state index contributed by atoms with van der Waals surface area (Å²) in [6.45, 7) is 2.10. The third-order valence-corrected chi connectivity index (χ3v) is 5.26. The maximum absolute atomic E-state index is 10.4. The minimum Gasteiger partial charge on any atom is -0.508 e. The van der Waals surface area contributed by atoms with Gasteiger partial charge in [0.1, 0.15) is 17.7 Å². The summed E-state index contributed by atoms with van der Waals surface area (Å²) < 4.78 is 5.28. The predicted molar refractivity (Wildman–Crippen MR) is 112 cm³/mol. The summed E-state index contributed by atoms with van der Waals surface area (Å²) in [7, 11) is 1.67. The number of aromatic hydroxyl groups is 1. The average molecular weight is 372 g/mol. The van der Waals surface area contributed by atoms with Gasteiger partial charge in [-0.3, -0.25) is 10.3 Å². The van der Waals surface area contributed by atoms with Crippen LogP contribution in [0.3, 0.4) is 0 Å². The van der Waals surface area contributed by atoms with Crippen LogP contribution in [0.15, 0.2) is 77.8 Å². The standard InChI is InChI=1S/C24H24N2O2/c1-16-7-3-4-8-19(16)24-25-21(17-11-13-18(28-2)14-12-17)15-22(26-24)20-9-5-6-10-23(20)27/h3-14,22,24,26-27H,15H2,1-2H3/t22-,24-/m1/s1. The highest BCUT2D eigenvalue weighted by atomic mass is 16.5. The van der Waals surface area contributed by atoms with Crippen LogP contribution in [0.2, 0.25) is 0 Å². The average Bonchev–Trinajstić information content (AvgIpc) is 2.74. The summed E-state index contributed by atoms with van der Waals surface area (Å²) in [6, 6.07) is 23.8. The minimum atomic E-state index is -0.170. The Morgan fingerprint density at radius 3 is 2.29 bits per heavy atom. The molecule has 1 aliphatic heterocycles. The molecule has 2 atom stereocenters. The Labute approximate surface area is 165 Å². The maximum Gasteiger partial charge on any atom is 0.126 e. The molecule has 3 aromatic rings. The van der Waals surface area contributed by atoms with Crippen molar-refractivity contribution in [2.75, 3.05) is 7.11 Å². The van der Waals surface area contributed by atoms with Crippen molar-refractivity contribution in [2.24, 2.45) is 4.99 Å². The zero-order valence-electron chi connectivity index (χ0n) is 16.1. The molecule has 0 bridgehead atoms. The molecule has 0 saturated heterocycles. The fourth-order valence-corrected chi connectivity index (χ4v) is 3.70. The van der Waals surface area contributed by atoms with E-state index in [0.29, 0.717) is 12.2 Å². The van der Waals surface area contributed by atoms with E-state index in [2.05, 4.69) is 24.4 Å². The van der Waals surface area contributed by atoms with E-state index in [-0.39, 0.29) is 12.2 Å². The second-order valence-corrected chi connectivity index (χ2v) is 7.05. The Morgan fingerprint density at radius 2 is 1.61 bits per heavy atom. The SMILES string of the molecule is COc1ccc(C2=N[C@@H](c3ccccc3C)N[C@@H](c3ccccc3O)C2)cc1. The first kappa shape index (κ1) is 18.3. The molecule has 4 heteroatoms. The molecule has 142 valence electrons. The molecule has 1 heterocycles. The summed E-state index contributed by atoms with van der Waals surface area (Å²) in [6.07, 6.45) is 0.531. The Balaban J connectivity index is 1.76. The van der Waals surface area contributed by atoms with Gasteiger partial charge in [0.2, 0.25) is 0 Å². The summed E-state index contributed by atoms with van der Waals surface area (Å²) >= 11 is 0. The van der Waals surface area contributed by atoms with Crippen LogP contribution in [0.5, 0.6) is 11.5 Å². The predicted octanol–water partition coefficient (Wildman–Crippen LogP) is 4.93. The van der Waals surface area contributed by atoms with E-state index in [1.54, 1.807) is 13.2 Å². The third kappa shape index (κ3) is 3.64. The molecule has 3 aromatic carbocycles. The van der Waals surface area contributed by atoms with Crippen molar-refractivity contribution in [3.8, 4) is 11.5 Å². The Hall–Kier alpha value is -3.11. The number of phenols is 1. The fraction of sp³-hybridized carbons (Fsp3) is 0.208. The normalized spacial score (nSPS) is 19.1. The molecule has 1 aliphatic rings. The van der Waals surface area contributed by atoms with Gasteiger partial charge in [-0.25, -0.2) is 0 Å². The largest absolute Gasteiger partial charge is 0.508 e. The number of para-hydroxylation sites is 1. The summed E-state index contributed by atoms with van der Waals surface area (Å²) in [5.41, 5.74) is 5.32. The number of phenolic OH excluding ortho intramolecular Hbond substituents is 1. The van der Waals surface area contributed by atoms with E-state index in [1.165, 1.54) is 5.56 Å². The lowest BCUT2D eigenvalue weighted by molar-refractivity contribution is 0.411. The number of nitrogens with one attached hydrogen (secondary N) is 1. The van der Waals surface area contributed by atoms with Crippen molar-refractivity contribution < 1.29 is 9.84 Å². The molecule has 0 spiro atoms. The van der Waals surface area contributed by atoms with E-state index < -0.39 is 0 Å². The fourth-order valence-electron chi connectivity index (χ4n) is 3.70. The van der Waals surface area contributed by atoms with Crippen molar-refractivity contribution in [1.29, 1.82) is 0 Å². The van der Waals surface area contributed by atoms with E-state index >= 15 is 0 Å². The van der Waals surface area contributed by atoms with E-state index in [9.17, 15) is 5.11 Å². The molecule has 0 fully saturated rings. The molecule has 0 aromatic heterocycles. The highest BCUT2D eigenvalue weighted by Crippen LogP contribution is 2.35. The van der Waals surface area contributed by atoms with Crippen LogP contribution in [-0.2, 0) is 0 Å². The Morgan fingerprint density at radius 1 is 0.929 bits per heavy atom. The lowest BCUT2D eigenvalue weighted by atomic mass is 9.93. The summed E-state index contributed by atoms with van der Waals surface area (Å²) in [5, 5.41) is 14.0. The monoisotopic (exact) mass is 372 g/mol. The number of aryl methyl sites for hydroxylation is 1. The zero-order chi connectivity index (χ0) is 19.5. The van der Waals surface area contributed by atoms with Crippen LogP contribution in [-0.4, -0.2) is 17.9 Å². The molecule has 0 radical (unpaired) electrons. The second-order valence-electron chi connectivity index (χ2n) is 7.05. The highest BCUT2D eigenvalue weighted by molar-refractivity contribution is 6.01. The first-order valence-electron chi connectivity index (χ1n) is 9.46. The van der Waals surface area contributed by atoms with Gasteiger partial charge in [-0.2, -0.15) is 0 Å². The van der Waals surface area contributed by atoms with Crippen LogP contribution in [0, 0.1) is 6.92 Å². The molecule has 4 nitrogen and oxygen atoms in total. The number of methoxy groups -OCH3 is 1. The molecule has 2 N–H and O–H groups in total. The van der Waals surface area contributed by atoms with Gasteiger partial charge in [0.05, 0.1) is 7.11 Å². The van der Waals surface area contributed by atoms with E-state index in [0.717, 1.165) is 28.2 Å². The van der Waals surface area contributed by atoms with Gasteiger partial charge in [-0.15, -0.1) is 0 Å². The van der Waals surface area contributed by atoms with Crippen LogP contribution in [0.25, 0.3) is 0 Å². The minimum absolute atomic E-state index is 0.0274. The summed E-state index contributed by atoms with van der Waals surface area (Å²) in [5.74, 6) is 1.13. The molecule has 4 rings (SSSR count). The van der Waals surface area contributed by atoms with Gasteiger partial charge in [-0.05, 0) is 53.9 Å².